The van der Waals surface area contributed by atoms with E-state index in [1.807, 2.05) is 6.26 Å². The van der Waals surface area contributed by atoms with E-state index in [9.17, 15) is 21.6 Å². The van der Waals surface area contributed by atoms with Gasteiger partial charge in [0.15, 0.2) is 0 Å². The van der Waals surface area contributed by atoms with Gasteiger partial charge in [0.05, 0.1) is 22.1 Å². The molecule has 0 saturated carbocycles. The number of amides is 1. The first-order valence-electron chi connectivity index (χ1n) is 12.6. The van der Waals surface area contributed by atoms with Gasteiger partial charge in [-0.25, -0.2) is 16.8 Å². The van der Waals surface area contributed by atoms with Crippen LogP contribution in [-0.2, 0) is 24.8 Å². The van der Waals surface area contributed by atoms with Gasteiger partial charge in [0, 0.05) is 21.3 Å². The maximum atomic E-state index is 13.8. The molecule has 4 rings (SSSR count). The second-order valence-electron chi connectivity index (χ2n) is 8.77. The fourth-order valence-electron chi connectivity index (χ4n) is 3.90. The Hall–Kier alpha value is -3.71. The number of nitrogens with one attached hydrogen (secondary N) is 2. The first-order chi connectivity index (χ1) is 20.0. The Morgan fingerprint density at radius 2 is 1.43 bits per heavy atom. The van der Waals surface area contributed by atoms with E-state index in [0.29, 0.717) is 23.1 Å². The van der Waals surface area contributed by atoms with E-state index in [4.69, 9.17) is 16.3 Å². The monoisotopic (exact) mass is 645 g/mol. The third-order valence-electron chi connectivity index (χ3n) is 5.91. The van der Waals surface area contributed by atoms with Crippen LogP contribution in [-0.4, -0.2) is 42.2 Å². The molecule has 4 aromatic carbocycles. The summed E-state index contributed by atoms with van der Waals surface area (Å²) < 4.78 is 62.3. The molecule has 0 saturated heterocycles. The van der Waals surface area contributed by atoms with Gasteiger partial charge in [-0.2, -0.15) is 0 Å². The number of nitrogens with zero attached hydrogens (tertiary/aromatic N) is 1. The summed E-state index contributed by atoms with van der Waals surface area (Å²) in [6, 6.07) is 24.7. The third-order valence-corrected chi connectivity index (χ3v) is 10.1. The molecule has 0 aliphatic rings. The number of carbonyl (C=O) groups excluding carboxylic acids is 1. The summed E-state index contributed by atoms with van der Waals surface area (Å²) in [6.45, 7) is 1.51. The lowest BCUT2D eigenvalue weighted by atomic mass is 10.3. The van der Waals surface area contributed by atoms with Gasteiger partial charge < -0.3 is 10.1 Å². The summed E-state index contributed by atoms with van der Waals surface area (Å²) in [7, 11) is -8.08. The van der Waals surface area contributed by atoms with Gasteiger partial charge in [-0.15, -0.1) is 11.8 Å². The zero-order valence-electron chi connectivity index (χ0n) is 22.7. The summed E-state index contributed by atoms with van der Waals surface area (Å²) in [5.74, 6) is -0.333. The van der Waals surface area contributed by atoms with Crippen LogP contribution in [0.2, 0.25) is 5.02 Å². The molecular formula is C29H28ClN3O6S3. The highest BCUT2D eigenvalue weighted by Gasteiger charge is 2.29. The van der Waals surface area contributed by atoms with Crippen LogP contribution in [0.4, 0.5) is 17.1 Å². The molecule has 9 nitrogen and oxygen atoms in total. The molecule has 0 atom stereocenters. The van der Waals surface area contributed by atoms with E-state index < -0.39 is 32.5 Å². The van der Waals surface area contributed by atoms with Crippen molar-refractivity contribution in [3.63, 3.8) is 0 Å². The number of hydrogen-bond acceptors (Lipinski definition) is 7. The Morgan fingerprint density at radius 1 is 0.833 bits per heavy atom. The van der Waals surface area contributed by atoms with E-state index in [0.717, 1.165) is 9.20 Å². The molecule has 0 unspecified atom stereocenters. The van der Waals surface area contributed by atoms with Crippen molar-refractivity contribution < 1.29 is 26.4 Å². The van der Waals surface area contributed by atoms with Crippen LogP contribution in [0.3, 0.4) is 0 Å². The number of benzene rings is 4. The highest BCUT2D eigenvalue weighted by molar-refractivity contribution is 7.98. The lowest BCUT2D eigenvalue weighted by molar-refractivity contribution is -0.114. The number of rotatable bonds is 12. The lowest BCUT2D eigenvalue weighted by Crippen LogP contribution is -2.38. The van der Waals surface area contributed by atoms with E-state index in [-0.39, 0.29) is 21.2 Å². The minimum absolute atomic E-state index is 0.0159. The number of anilines is 3. The Labute approximate surface area is 255 Å². The van der Waals surface area contributed by atoms with Crippen LogP contribution in [0.5, 0.6) is 5.75 Å². The van der Waals surface area contributed by atoms with Crippen molar-refractivity contribution in [1.29, 1.82) is 0 Å². The van der Waals surface area contributed by atoms with Gasteiger partial charge >= 0.3 is 0 Å². The molecule has 2 N–H and O–H groups in total. The summed E-state index contributed by atoms with van der Waals surface area (Å²) >= 11 is 7.34. The molecular weight excluding hydrogens is 618 g/mol. The molecule has 0 radical (unpaired) electrons. The second kappa shape index (κ2) is 13.5. The zero-order chi connectivity index (χ0) is 30.3. The number of para-hydroxylation sites is 2. The van der Waals surface area contributed by atoms with Crippen molar-refractivity contribution in [2.45, 2.75) is 21.6 Å². The maximum absolute atomic E-state index is 13.8. The van der Waals surface area contributed by atoms with Gasteiger partial charge in [0.1, 0.15) is 12.3 Å². The lowest BCUT2D eigenvalue weighted by Gasteiger charge is -2.26. The zero-order valence-corrected chi connectivity index (χ0v) is 25.9. The molecule has 0 spiro atoms. The molecule has 0 aromatic heterocycles. The second-order valence-corrected chi connectivity index (χ2v) is 13.6. The topological polar surface area (TPSA) is 122 Å². The van der Waals surface area contributed by atoms with Crippen molar-refractivity contribution in [2.75, 3.05) is 33.8 Å². The van der Waals surface area contributed by atoms with Gasteiger partial charge in [-0.3, -0.25) is 13.8 Å². The summed E-state index contributed by atoms with van der Waals surface area (Å²) in [5, 5.41) is 3.12. The molecule has 0 heterocycles. The van der Waals surface area contributed by atoms with Crippen molar-refractivity contribution in [2.24, 2.45) is 0 Å². The fourth-order valence-corrected chi connectivity index (χ4v) is 6.92. The minimum Gasteiger partial charge on any atom is -0.492 e. The molecule has 42 heavy (non-hydrogen) atoms. The normalized spacial score (nSPS) is 11.5. The number of halogens is 1. The molecule has 0 aliphatic heterocycles. The van der Waals surface area contributed by atoms with Crippen LogP contribution in [0, 0.1) is 0 Å². The molecule has 13 heteroatoms. The van der Waals surface area contributed by atoms with E-state index in [1.54, 1.807) is 55.5 Å². The van der Waals surface area contributed by atoms with Crippen LogP contribution in [0.25, 0.3) is 0 Å². The number of carbonyl (C=O) groups is 1. The predicted molar refractivity (Wildman–Crippen MR) is 168 cm³/mol. The van der Waals surface area contributed by atoms with E-state index in [2.05, 4.69) is 10.0 Å². The van der Waals surface area contributed by atoms with E-state index in [1.165, 1.54) is 60.3 Å². The van der Waals surface area contributed by atoms with Gasteiger partial charge in [0.25, 0.3) is 20.0 Å². The van der Waals surface area contributed by atoms with Crippen LogP contribution >= 0.6 is 23.4 Å². The van der Waals surface area contributed by atoms with Gasteiger partial charge in [0.2, 0.25) is 5.91 Å². The average Bonchev–Trinajstić information content (AvgIpc) is 2.98. The number of sulfonamides is 2. The van der Waals surface area contributed by atoms with Gasteiger partial charge in [-0.05, 0) is 98.1 Å². The largest absolute Gasteiger partial charge is 0.492 e. The maximum Gasteiger partial charge on any atom is 0.264 e. The molecule has 220 valence electrons. The minimum atomic E-state index is -4.18. The quantitative estimate of drug-likeness (QED) is 0.179. The molecule has 0 aliphatic carbocycles. The van der Waals surface area contributed by atoms with Crippen LogP contribution in [0.1, 0.15) is 6.92 Å². The van der Waals surface area contributed by atoms with E-state index >= 15 is 0 Å². The summed E-state index contributed by atoms with van der Waals surface area (Å²) in [6.07, 6.45) is 1.89. The Kier molecular flexibility index (Phi) is 10.0. The van der Waals surface area contributed by atoms with Crippen molar-refractivity contribution in [3.05, 3.63) is 102 Å². The number of thioether (sulfide) groups is 1. The standard InChI is InChI=1S/C29H28ClN3O6S3/c1-3-39-28-7-5-4-6-27(28)33(42(37,38)26-18-14-24(40-2)15-19-26)20-29(34)31-22-12-16-25(17-13-22)41(35,36)32-23-10-8-21(30)9-11-23/h4-19,32H,3,20H2,1-2H3,(H,31,34). The Balaban J connectivity index is 1.57. The Morgan fingerprint density at radius 3 is 2.05 bits per heavy atom. The van der Waals surface area contributed by atoms with Crippen molar-refractivity contribution >= 4 is 66.4 Å². The fraction of sp³-hybridized carbons (Fsp3) is 0.138. The predicted octanol–water partition coefficient (Wildman–Crippen LogP) is 6.10. The summed E-state index contributed by atoms with van der Waals surface area (Å²) in [5.41, 5.74) is 0.830. The average molecular weight is 646 g/mol. The first-order valence-corrected chi connectivity index (χ1v) is 17.1. The summed E-state index contributed by atoms with van der Waals surface area (Å²) in [4.78, 5) is 14.1. The van der Waals surface area contributed by atoms with Crippen LogP contribution in [0.15, 0.2) is 112 Å². The molecule has 4 aromatic rings. The molecule has 1 amide bonds. The highest BCUT2D eigenvalue weighted by Crippen LogP contribution is 2.33. The smallest absolute Gasteiger partial charge is 0.264 e. The van der Waals surface area contributed by atoms with Crippen molar-refractivity contribution in [3.8, 4) is 5.75 Å². The SMILES string of the molecule is CCOc1ccccc1N(CC(=O)Nc1ccc(S(=O)(=O)Nc2ccc(Cl)cc2)cc1)S(=O)(=O)c1ccc(SC)cc1. The number of hydrogen-bond donors (Lipinski definition) is 2. The first kappa shape index (κ1) is 31.2. The highest BCUT2D eigenvalue weighted by atomic mass is 35.5. The van der Waals surface area contributed by atoms with Crippen molar-refractivity contribution in [1.82, 2.24) is 0 Å². The molecule has 0 fully saturated rings. The molecule has 0 bridgehead atoms. The number of ether oxygens (including phenoxy) is 1. The Bertz CT molecular complexity index is 1750. The third kappa shape index (κ3) is 7.57. The van der Waals surface area contributed by atoms with Gasteiger partial charge in [-0.1, -0.05) is 23.7 Å². The van der Waals surface area contributed by atoms with Crippen LogP contribution < -0.4 is 19.1 Å².